The van der Waals surface area contributed by atoms with E-state index >= 15 is 0 Å². The molecule has 0 radical (unpaired) electrons. The summed E-state index contributed by atoms with van der Waals surface area (Å²) in [6.45, 7) is 0. The van der Waals surface area contributed by atoms with E-state index in [4.69, 9.17) is 14.0 Å². The van der Waals surface area contributed by atoms with Crippen molar-refractivity contribution in [1.29, 1.82) is 0 Å². The van der Waals surface area contributed by atoms with Gasteiger partial charge in [0.05, 0.1) is 0 Å². The van der Waals surface area contributed by atoms with Crippen LogP contribution in [0, 0.1) is 0 Å². The van der Waals surface area contributed by atoms with Gasteiger partial charge in [-0.25, -0.2) is 0 Å². The van der Waals surface area contributed by atoms with Gasteiger partial charge >= 0.3 is 29.3 Å². The third kappa shape index (κ3) is 26.2. The van der Waals surface area contributed by atoms with Gasteiger partial charge in [-0.1, -0.05) is 0 Å². The summed E-state index contributed by atoms with van der Waals surface area (Å²) < 4.78 is 14.4. The van der Waals surface area contributed by atoms with Gasteiger partial charge in [0.25, 0.3) is 0 Å². The van der Waals surface area contributed by atoms with Gasteiger partial charge in [0, 0.05) is 0 Å². The van der Waals surface area contributed by atoms with Crippen molar-refractivity contribution in [2.75, 3.05) is 0 Å². The Hall–Kier alpha value is 0.438. The van der Waals surface area contributed by atoms with E-state index in [1.165, 1.54) is 0 Å². The third-order valence-electron chi connectivity index (χ3n) is 0. The van der Waals surface area contributed by atoms with Gasteiger partial charge in [0.2, 0.25) is 0 Å². The quantitative estimate of drug-likeness (QED) is 0.321. The molecule has 4 heteroatoms. The summed E-state index contributed by atoms with van der Waals surface area (Å²) in [5.41, 5.74) is 0. The Morgan fingerprint density at radius 1 is 1.00 bits per heavy atom. The van der Waals surface area contributed by atoms with Gasteiger partial charge in [-0.3, -0.25) is 0 Å². The summed E-state index contributed by atoms with van der Waals surface area (Å²) in [7, 11) is 0. The minimum atomic E-state index is -1.69. The van der Waals surface area contributed by atoms with Crippen LogP contribution in [0.3, 0.4) is 0 Å². The molecule has 0 saturated carbocycles. The van der Waals surface area contributed by atoms with Crippen LogP contribution in [0.1, 0.15) is 0 Å². The summed E-state index contributed by atoms with van der Waals surface area (Å²) in [6.07, 6.45) is 0. The zero-order valence-electron chi connectivity index (χ0n) is 2.18. The maximum absolute atomic E-state index is 4.81. The van der Waals surface area contributed by atoms with Crippen LogP contribution in [-0.4, -0.2) is 15.3 Å². The van der Waals surface area contributed by atoms with Gasteiger partial charge < -0.3 is 0 Å². The normalized spacial score (nSPS) is 9.00. The predicted octanol–water partition coefficient (Wildman–Crippen LogP) is -2.15. The molecule has 0 unspecified atom stereocenters. The molecule has 0 atom stereocenters. The molecule has 0 heterocycles. The Balaban J connectivity index is 2.32. The van der Waals surface area contributed by atoms with Crippen molar-refractivity contribution in [3.05, 3.63) is 0 Å². The van der Waals surface area contributed by atoms with E-state index in [0.717, 1.165) is 0 Å². The number of rotatable bonds is 0. The third-order valence-corrected chi connectivity index (χ3v) is 0. The van der Waals surface area contributed by atoms with Crippen LogP contribution in [0.5, 0.6) is 0 Å². The van der Waals surface area contributed by atoms with Crippen LogP contribution in [0.25, 0.3) is 0 Å². The Labute approximate surface area is 30.1 Å². The van der Waals surface area contributed by atoms with Crippen molar-refractivity contribution >= 4 is 15.3 Å². The fourth-order valence-electron chi connectivity index (χ4n) is 0. The first-order valence-corrected chi connectivity index (χ1v) is 4.02. The predicted molar refractivity (Wildman–Crippen MR) is 18.3 cm³/mol. The van der Waals surface area contributed by atoms with Gasteiger partial charge in [0.1, 0.15) is 0 Å². The fourth-order valence-corrected chi connectivity index (χ4v) is 0. The molecule has 3 nitrogen and oxygen atoms in total. The van der Waals surface area contributed by atoms with Crippen LogP contribution < -0.4 is 14.0 Å². The van der Waals surface area contributed by atoms with Crippen molar-refractivity contribution in [2.45, 2.75) is 0 Å². The van der Waals surface area contributed by atoms with E-state index in [-0.39, 0.29) is 0 Å². The van der Waals surface area contributed by atoms with Crippen molar-refractivity contribution in [3.63, 3.8) is 0 Å². The van der Waals surface area contributed by atoms with Crippen molar-refractivity contribution < 1.29 is 0 Å². The molecule has 0 aliphatic carbocycles. The molecule has 0 spiro atoms. The summed E-state index contributed by atoms with van der Waals surface area (Å²) in [4.78, 5) is 0. The first kappa shape index (κ1) is 4.44. The monoisotopic (exact) mass is 123 g/mol. The molecule has 0 amide bonds. The Bertz CT molecular complexity index is 8.00. The van der Waals surface area contributed by atoms with E-state index in [1.807, 2.05) is 0 Å². The van der Waals surface area contributed by atoms with E-state index in [2.05, 4.69) is 0 Å². The first-order chi connectivity index (χ1) is 1.73. The Morgan fingerprint density at radius 2 is 1.00 bits per heavy atom. The zero-order valence-corrected chi connectivity index (χ0v) is 4.06. The van der Waals surface area contributed by atoms with Gasteiger partial charge in [-0.2, -0.15) is 0 Å². The minimum absolute atomic E-state index is 1.69. The zero-order chi connectivity index (χ0) is 3.58. The molecule has 0 aliphatic heterocycles. The molecular weight excluding hydrogens is 117 g/mol. The van der Waals surface area contributed by atoms with Gasteiger partial charge in [-0.15, -0.1) is 0 Å². The van der Waals surface area contributed by atoms with Crippen molar-refractivity contribution in [2.24, 2.45) is 14.0 Å². The summed E-state index contributed by atoms with van der Waals surface area (Å²) in [5, 5.41) is 0. The molecular formula is H6AsN3. The molecule has 0 rings (SSSR count). The van der Waals surface area contributed by atoms with E-state index in [0.29, 0.717) is 0 Å². The number of nitrogens with two attached hydrogens (primary N) is 3. The summed E-state index contributed by atoms with van der Waals surface area (Å²) in [5.74, 6) is 0. The maximum atomic E-state index is 4.81. The average molecular weight is 123 g/mol. The molecule has 0 aromatic carbocycles. The van der Waals surface area contributed by atoms with E-state index < -0.39 is 15.3 Å². The number of hydrogen-bond acceptors (Lipinski definition) is 3. The van der Waals surface area contributed by atoms with Crippen LogP contribution in [0.2, 0.25) is 0 Å². The van der Waals surface area contributed by atoms with Crippen molar-refractivity contribution in [3.8, 4) is 0 Å². The van der Waals surface area contributed by atoms with Crippen LogP contribution in [0.15, 0.2) is 0 Å². The second-order valence-electron chi connectivity index (χ2n) is 0.447. The molecule has 0 bridgehead atoms. The molecule has 0 aromatic heterocycles. The number of hydrogen-bond donors (Lipinski definition) is 3. The Morgan fingerprint density at radius 3 is 1.00 bits per heavy atom. The van der Waals surface area contributed by atoms with E-state index in [9.17, 15) is 0 Å². The fraction of sp³-hybridized carbons (Fsp3) is 0. The molecule has 0 aromatic rings. The molecule has 0 saturated heterocycles. The topological polar surface area (TPSA) is 78.1 Å². The first-order valence-electron chi connectivity index (χ1n) is 0.775. The second kappa shape index (κ2) is 1.73. The summed E-state index contributed by atoms with van der Waals surface area (Å²) >= 11 is -1.69. The van der Waals surface area contributed by atoms with Crippen molar-refractivity contribution in [1.82, 2.24) is 0 Å². The standard InChI is InChI=1S/AsH6N3/c2-1(3)4/h2-4H2. The van der Waals surface area contributed by atoms with Gasteiger partial charge in [-0.05, 0) is 0 Å². The molecule has 4 heavy (non-hydrogen) atoms. The average Bonchev–Trinajstić information content (AvgIpc) is 0.811. The van der Waals surface area contributed by atoms with Crippen LogP contribution in [0.4, 0.5) is 0 Å². The van der Waals surface area contributed by atoms with Gasteiger partial charge in [0.15, 0.2) is 0 Å². The van der Waals surface area contributed by atoms with Crippen LogP contribution >= 0.6 is 0 Å². The SMILES string of the molecule is N[As](N)N. The Kier molecular flexibility index (Phi) is 1.92. The molecule has 0 aliphatic rings. The molecule has 6 N–H and O–H groups in total. The summed E-state index contributed by atoms with van der Waals surface area (Å²) in [6, 6.07) is 0. The second-order valence-corrected chi connectivity index (χ2v) is 2.32. The molecule has 26 valence electrons. The van der Waals surface area contributed by atoms with Crippen LogP contribution in [-0.2, 0) is 0 Å². The van der Waals surface area contributed by atoms with E-state index in [1.54, 1.807) is 0 Å². The molecule has 0 fully saturated rings.